The van der Waals surface area contributed by atoms with Crippen LogP contribution in [0.25, 0.3) is 0 Å². The smallest absolute Gasteiger partial charge is 0.345 e. The topological polar surface area (TPSA) is 29.1 Å². The van der Waals surface area contributed by atoms with Crippen LogP contribution in [0.15, 0.2) is 0 Å². The average Bonchev–Trinajstić information content (AvgIpc) is 2.12. The van der Waals surface area contributed by atoms with Crippen molar-refractivity contribution in [2.24, 2.45) is 17.8 Å². The van der Waals surface area contributed by atoms with Crippen molar-refractivity contribution in [1.29, 1.82) is 0 Å². The maximum atomic E-state index is 12.9. The second-order valence-corrected chi connectivity index (χ2v) is 7.15. The number of nitrogens with one attached hydrogen (secondary N) is 1. The largest absolute Gasteiger partial charge is 0.377 e. The van der Waals surface area contributed by atoms with E-state index in [2.05, 4.69) is 21.2 Å². The Hall–Kier alpha value is -0.190. The molecule has 0 unspecified atom stereocenters. The molecule has 4 saturated carbocycles. The SMILES string of the molecule is O=C(NC12CC3CC(CC(C3)C1)C2)C(F)(F)Br. The Bertz CT molecular complexity index is 318. The van der Waals surface area contributed by atoms with Gasteiger partial charge in [-0.2, -0.15) is 8.78 Å². The average molecular weight is 308 g/mol. The Morgan fingerprint density at radius 3 is 1.88 bits per heavy atom. The van der Waals surface area contributed by atoms with E-state index in [-0.39, 0.29) is 5.54 Å². The normalized spacial score (nSPS) is 43.8. The van der Waals surface area contributed by atoms with E-state index in [1.165, 1.54) is 19.3 Å². The van der Waals surface area contributed by atoms with Crippen LogP contribution < -0.4 is 5.32 Å². The molecule has 0 aromatic carbocycles. The second-order valence-electron chi connectivity index (χ2n) is 6.15. The van der Waals surface area contributed by atoms with Gasteiger partial charge in [0.15, 0.2) is 0 Å². The third kappa shape index (κ3) is 2.11. The molecule has 5 heteroatoms. The van der Waals surface area contributed by atoms with E-state index in [4.69, 9.17) is 0 Å². The van der Waals surface area contributed by atoms with Crippen molar-refractivity contribution < 1.29 is 13.6 Å². The van der Waals surface area contributed by atoms with Crippen LogP contribution in [0.3, 0.4) is 0 Å². The quantitative estimate of drug-likeness (QED) is 0.781. The summed E-state index contributed by atoms with van der Waals surface area (Å²) in [6.45, 7) is 0. The van der Waals surface area contributed by atoms with Gasteiger partial charge in [-0.25, -0.2) is 0 Å². The monoisotopic (exact) mass is 307 g/mol. The first-order valence-corrected chi connectivity index (χ1v) is 7.05. The Morgan fingerprint density at radius 1 is 1.12 bits per heavy atom. The van der Waals surface area contributed by atoms with Gasteiger partial charge in [-0.15, -0.1) is 0 Å². The first-order chi connectivity index (χ1) is 7.86. The zero-order valence-electron chi connectivity index (χ0n) is 9.52. The molecule has 4 bridgehead atoms. The van der Waals surface area contributed by atoms with Gasteiger partial charge in [-0.1, -0.05) is 0 Å². The van der Waals surface area contributed by atoms with Crippen LogP contribution >= 0.6 is 15.9 Å². The number of rotatable bonds is 2. The van der Waals surface area contributed by atoms with Crippen LogP contribution in [-0.4, -0.2) is 16.3 Å². The molecule has 1 N–H and O–H groups in total. The molecule has 17 heavy (non-hydrogen) atoms. The summed E-state index contributed by atoms with van der Waals surface area (Å²) in [7, 11) is 0. The number of halogens is 3. The van der Waals surface area contributed by atoms with Crippen molar-refractivity contribution in [2.45, 2.75) is 48.9 Å². The number of hydrogen-bond acceptors (Lipinski definition) is 1. The lowest BCUT2D eigenvalue weighted by Gasteiger charge is -2.56. The molecule has 0 aromatic heterocycles. The van der Waals surface area contributed by atoms with Gasteiger partial charge in [0.1, 0.15) is 0 Å². The summed E-state index contributed by atoms with van der Waals surface area (Å²) in [5.74, 6) is 0.765. The lowest BCUT2D eigenvalue weighted by atomic mass is 9.53. The molecule has 0 atom stereocenters. The molecule has 0 aliphatic heterocycles. The molecule has 0 heterocycles. The zero-order chi connectivity index (χ0) is 12.3. The maximum Gasteiger partial charge on any atom is 0.377 e. The van der Waals surface area contributed by atoms with Gasteiger partial charge < -0.3 is 5.32 Å². The third-order valence-corrected chi connectivity index (χ3v) is 5.03. The van der Waals surface area contributed by atoms with Crippen molar-refractivity contribution in [3.05, 3.63) is 0 Å². The number of amides is 1. The van der Waals surface area contributed by atoms with E-state index in [0.717, 1.165) is 19.3 Å². The highest BCUT2D eigenvalue weighted by Crippen LogP contribution is 2.55. The predicted molar refractivity (Wildman–Crippen MR) is 62.9 cm³/mol. The highest BCUT2D eigenvalue weighted by atomic mass is 79.9. The molecule has 0 radical (unpaired) electrons. The van der Waals surface area contributed by atoms with Crippen LogP contribution in [0.4, 0.5) is 8.78 Å². The Kier molecular flexibility index (Phi) is 2.55. The van der Waals surface area contributed by atoms with Crippen LogP contribution in [0.5, 0.6) is 0 Å². The van der Waals surface area contributed by atoms with Gasteiger partial charge in [0, 0.05) is 21.5 Å². The molecule has 0 saturated heterocycles. The van der Waals surface area contributed by atoms with E-state index in [9.17, 15) is 13.6 Å². The predicted octanol–water partition coefficient (Wildman–Crippen LogP) is 3.06. The zero-order valence-corrected chi connectivity index (χ0v) is 11.1. The molecule has 0 aromatic rings. The van der Waals surface area contributed by atoms with Crippen LogP contribution in [0.2, 0.25) is 0 Å². The molecule has 4 aliphatic rings. The van der Waals surface area contributed by atoms with Crippen LogP contribution in [0.1, 0.15) is 38.5 Å². The number of carbonyl (C=O) groups excluding carboxylic acids is 1. The van der Waals surface area contributed by atoms with Crippen LogP contribution in [-0.2, 0) is 4.79 Å². The fourth-order valence-corrected chi connectivity index (χ4v) is 4.67. The summed E-state index contributed by atoms with van der Waals surface area (Å²) in [4.78, 5) is 8.01. The minimum Gasteiger partial charge on any atom is -0.345 e. The fourth-order valence-electron chi connectivity index (χ4n) is 4.58. The molecule has 4 rings (SSSR count). The first kappa shape index (κ1) is 11.9. The van der Waals surface area contributed by atoms with Gasteiger partial charge in [0.25, 0.3) is 0 Å². The van der Waals surface area contributed by atoms with Gasteiger partial charge in [0.05, 0.1) is 0 Å². The lowest BCUT2D eigenvalue weighted by Crippen LogP contribution is -2.61. The number of hydrogen-bond donors (Lipinski definition) is 1. The standard InChI is InChI=1S/C12H16BrF2NO/c13-12(14,15)10(17)16-11-4-7-1-8(5-11)3-9(2-7)6-11/h7-9H,1-6H2,(H,16,17). The molecule has 0 spiro atoms. The molecule has 2 nitrogen and oxygen atoms in total. The molecule has 1 amide bonds. The summed E-state index contributed by atoms with van der Waals surface area (Å²) >= 11 is 2.14. The van der Waals surface area contributed by atoms with Crippen molar-refractivity contribution in [2.75, 3.05) is 0 Å². The van der Waals surface area contributed by atoms with Crippen molar-refractivity contribution in [3.63, 3.8) is 0 Å². The van der Waals surface area contributed by atoms with E-state index in [0.29, 0.717) is 17.8 Å². The van der Waals surface area contributed by atoms with E-state index < -0.39 is 10.7 Å². The Labute approximate surface area is 108 Å². The highest BCUT2D eigenvalue weighted by Gasteiger charge is 2.53. The first-order valence-electron chi connectivity index (χ1n) is 6.26. The van der Waals surface area contributed by atoms with E-state index in [1.807, 2.05) is 0 Å². The molecular weight excluding hydrogens is 292 g/mol. The summed E-state index contributed by atoms with van der Waals surface area (Å²) in [6, 6.07) is 0. The van der Waals surface area contributed by atoms with E-state index in [1.54, 1.807) is 0 Å². The Morgan fingerprint density at radius 2 is 1.53 bits per heavy atom. The highest BCUT2D eigenvalue weighted by molar-refractivity contribution is 9.10. The summed E-state index contributed by atoms with van der Waals surface area (Å²) < 4.78 is 25.8. The van der Waals surface area contributed by atoms with Gasteiger partial charge in [-0.3, -0.25) is 4.79 Å². The number of carbonyl (C=O) groups is 1. The van der Waals surface area contributed by atoms with Crippen molar-refractivity contribution in [1.82, 2.24) is 5.32 Å². The minimum atomic E-state index is -3.43. The van der Waals surface area contributed by atoms with Gasteiger partial charge in [0.2, 0.25) is 0 Å². The lowest BCUT2D eigenvalue weighted by molar-refractivity contribution is -0.140. The van der Waals surface area contributed by atoms with Crippen LogP contribution in [0, 0.1) is 17.8 Å². The third-order valence-electron chi connectivity index (χ3n) is 4.67. The van der Waals surface area contributed by atoms with Crippen molar-refractivity contribution >= 4 is 21.8 Å². The number of alkyl halides is 3. The Balaban J connectivity index is 1.76. The summed E-state index contributed by atoms with van der Waals surface area (Å²) in [6.07, 6.45) is 6.40. The van der Waals surface area contributed by atoms with Gasteiger partial charge in [-0.05, 0) is 56.3 Å². The summed E-state index contributed by atoms with van der Waals surface area (Å²) in [5.41, 5.74) is -0.330. The minimum absolute atomic E-state index is 0.330. The molecule has 96 valence electrons. The van der Waals surface area contributed by atoms with E-state index >= 15 is 0 Å². The fraction of sp³-hybridized carbons (Fsp3) is 0.917. The summed E-state index contributed by atoms with van der Waals surface area (Å²) in [5, 5.41) is 2.63. The molecule has 4 aliphatic carbocycles. The van der Waals surface area contributed by atoms with Crippen molar-refractivity contribution in [3.8, 4) is 0 Å². The molecule has 4 fully saturated rings. The maximum absolute atomic E-state index is 12.9. The van der Waals surface area contributed by atoms with Gasteiger partial charge >= 0.3 is 10.7 Å². The molecular formula is C12H16BrF2NO. The second kappa shape index (κ2) is 3.65.